The number of benzene rings is 4. The fourth-order valence-electron chi connectivity index (χ4n) is 4.15. The van der Waals surface area contributed by atoms with Crippen LogP contribution >= 0.6 is 0 Å². The minimum absolute atomic E-state index is 0.667. The molecule has 184 valence electrons. The minimum Gasteiger partial charge on any atom is -0.494 e. The standard InChI is InChI=1S/C29H26BO.C4H12N/c1-6-16-26(17-7-1)30(27-18-8-2-9-19-27,28-20-10-3-11-21-28)24-14-5-15-25-31-29-22-12-4-13-23-29;1-5(2,3)4/h1-4,6-13,16-23H,5,15,25H2;1-4H3/q-1;+1. The molecule has 0 saturated carbocycles. The Bertz CT molecular complexity index is 1110. The molecule has 4 aromatic rings. The molecule has 3 heteroatoms. The zero-order valence-corrected chi connectivity index (χ0v) is 22.1. The molecular weight excluding hydrogens is 437 g/mol. The van der Waals surface area contributed by atoms with Gasteiger partial charge in [0.05, 0.1) is 34.8 Å². The number of unbranched alkanes of at least 4 members (excludes halogenated alkanes) is 1. The normalized spacial score (nSPS) is 10.9. The smallest absolute Gasteiger partial charge is 0.149 e. The average molecular weight is 475 g/mol. The van der Waals surface area contributed by atoms with Crippen molar-refractivity contribution >= 4 is 22.5 Å². The van der Waals surface area contributed by atoms with Gasteiger partial charge in [0.25, 0.3) is 0 Å². The van der Waals surface area contributed by atoms with E-state index in [1.54, 1.807) is 0 Å². The van der Waals surface area contributed by atoms with Crippen LogP contribution in [0.3, 0.4) is 0 Å². The number of rotatable bonds is 7. The number of quaternary nitrogens is 1. The molecule has 0 saturated heterocycles. The van der Waals surface area contributed by atoms with E-state index >= 15 is 0 Å². The van der Waals surface area contributed by atoms with Crippen LogP contribution in [0.2, 0.25) is 0 Å². The summed E-state index contributed by atoms with van der Waals surface area (Å²) in [6.07, 6.45) is 0.307. The highest BCUT2D eigenvalue weighted by Gasteiger charge is 2.27. The molecule has 0 bridgehead atoms. The highest BCUT2D eigenvalue weighted by molar-refractivity contribution is 7.16. The lowest BCUT2D eigenvalue weighted by Gasteiger charge is -2.38. The summed E-state index contributed by atoms with van der Waals surface area (Å²) in [4.78, 5) is 0. The second kappa shape index (κ2) is 13.4. The van der Waals surface area contributed by atoms with E-state index in [2.05, 4.69) is 131 Å². The average Bonchev–Trinajstić information content (AvgIpc) is 2.90. The van der Waals surface area contributed by atoms with Gasteiger partial charge in [0.15, 0.2) is 0 Å². The Labute approximate surface area is 218 Å². The first kappa shape index (κ1) is 26.9. The zero-order valence-electron chi connectivity index (χ0n) is 22.1. The van der Waals surface area contributed by atoms with E-state index in [4.69, 9.17) is 4.74 Å². The van der Waals surface area contributed by atoms with E-state index in [9.17, 15) is 0 Å². The molecule has 0 amide bonds. The third kappa shape index (κ3) is 8.19. The van der Waals surface area contributed by atoms with Crippen LogP contribution < -0.4 is 21.1 Å². The van der Waals surface area contributed by atoms with Crippen molar-refractivity contribution in [1.29, 1.82) is 0 Å². The van der Waals surface area contributed by atoms with Gasteiger partial charge in [0.1, 0.15) is 11.9 Å². The van der Waals surface area contributed by atoms with Crippen molar-refractivity contribution in [3.63, 3.8) is 0 Å². The van der Waals surface area contributed by atoms with Gasteiger partial charge in [-0.3, -0.25) is 5.82 Å². The third-order valence-corrected chi connectivity index (χ3v) is 5.68. The summed E-state index contributed by atoms with van der Waals surface area (Å²) in [5.74, 6) is 8.15. The van der Waals surface area contributed by atoms with Crippen molar-refractivity contribution in [3.8, 4) is 17.5 Å². The Morgan fingerprint density at radius 1 is 0.583 bits per heavy atom. The third-order valence-electron chi connectivity index (χ3n) is 5.68. The molecule has 0 unspecified atom stereocenters. The number of para-hydroxylation sites is 1. The first-order valence-corrected chi connectivity index (χ1v) is 12.7. The number of hydrogen-bond acceptors (Lipinski definition) is 1. The highest BCUT2D eigenvalue weighted by atomic mass is 16.5. The topological polar surface area (TPSA) is 9.23 Å². The molecule has 0 aliphatic heterocycles. The lowest BCUT2D eigenvalue weighted by Crippen LogP contribution is -2.66. The van der Waals surface area contributed by atoms with Crippen LogP contribution in [0.5, 0.6) is 5.75 Å². The van der Waals surface area contributed by atoms with Gasteiger partial charge in [0, 0.05) is 6.42 Å². The van der Waals surface area contributed by atoms with Crippen molar-refractivity contribution in [2.45, 2.75) is 12.8 Å². The SMILES string of the molecule is C(#C[B-](c1ccccc1)(c1ccccc1)c1ccccc1)CCCOc1ccccc1.C[N+](C)(C)C. The summed E-state index contributed by atoms with van der Waals surface area (Å²) in [6, 6.07) is 42.0. The Balaban J connectivity index is 0.000000658. The molecule has 0 aliphatic carbocycles. The summed E-state index contributed by atoms with van der Waals surface area (Å²) >= 11 is 0. The maximum atomic E-state index is 5.83. The zero-order chi connectivity index (χ0) is 25.7. The first-order chi connectivity index (χ1) is 17.4. The van der Waals surface area contributed by atoms with Crippen molar-refractivity contribution in [2.75, 3.05) is 34.8 Å². The van der Waals surface area contributed by atoms with Crippen LogP contribution in [-0.4, -0.2) is 45.4 Å². The molecule has 0 aliphatic rings. The molecule has 0 heterocycles. The van der Waals surface area contributed by atoms with Crippen LogP contribution in [0.4, 0.5) is 0 Å². The van der Waals surface area contributed by atoms with Crippen molar-refractivity contribution in [1.82, 2.24) is 0 Å². The Morgan fingerprint density at radius 2 is 0.944 bits per heavy atom. The van der Waals surface area contributed by atoms with Crippen LogP contribution in [0.25, 0.3) is 0 Å². The molecule has 2 nitrogen and oxygen atoms in total. The van der Waals surface area contributed by atoms with E-state index in [0.717, 1.165) is 23.1 Å². The van der Waals surface area contributed by atoms with Crippen LogP contribution in [-0.2, 0) is 0 Å². The van der Waals surface area contributed by atoms with Crippen molar-refractivity contribution in [3.05, 3.63) is 121 Å². The van der Waals surface area contributed by atoms with Gasteiger partial charge in [-0.05, 0) is 18.6 Å². The molecule has 4 aromatic carbocycles. The molecule has 0 radical (unpaired) electrons. The second-order valence-corrected chi connectivity index (χ2v) is 10.4. The minimum atomic E-state index is -1.38. The lowest BCUT2D eigenvalue weighted by molar-refractivity contribution is -0.849. The molecule has 0 N–H and O–H groups in total. The molecular formula is C33H38BNO. The summed E-state index contributed by atoms with van der Waals surface area (Å²) in [5, 5.41) is 0. The molecule has 0 spiro atoms. The highest BCUT2D eigenvalue weighted by Crippen LogP contribution is 2.10. The molecule has 36 heavy (non-hydrogen) atoms. The fourth-order valence-corrected chi connectivity index (χ4v) is 4.15. The Kier molecular flexibility index (Phi) is 9.98. The fraction of sp³-hybridized carbons (Fsp3) is 0.212. The van der Waals surface area contributed by atoms with Gasteiger partial charge < -0.3 is 9.22 Å². The van der Waals surface area contributed by atoms with Crippen molar-refractivity contribution < 1.29 is 9.22 Å². The van der Waals surface area contributed by atoms with Crippen molar-refractivity contribution in [2.24, 2.45) is 0 Å². The van der Waals surface area contributed by atoms with Gasteiger partial charge in [0.2, 0.25) is 0 Å². The first-order valence-electron chi connectivity index (χ1n) is 12.7. The lowest BCUT2D eigenvalue weighted by atomic mass is 9.16. The van der Waals surface area contributed by atoms with Crippen LogP contribution in [0.15, 0.2) is 121 Å². The van der Waals surface area contributed by atoms with Gasteiger partial charge in [-0.15, -0.1) is 5.92 Å². The van der Waals surface area contributed by atoms with Gasteiger partial charge in [-0.2, -0.15) is 16.4 Å². The summed E-state index contributed by atoms with van der Waals surface area (Å²) in [5.41, 5.74) is 3.73. The summed E-state index contributed by atoms with van der Waals surface area (Å²) in [6.45, 7) is 0.667. The molecule has 0 fully saturated rings. The maximum absolute atomic E-state index is 5.83. The van der Waals surface area contributed by atoms with Gasteiger partial charge in [-0.25, -0.2) is 0 Å². The summed E-state index contributed by atoms with van der Waals surface area (Å²) in [7, 11) is 8.50. The molecule has 0 atom stereocenters. The van der Waals surface area contributed by atoms with Crippen LogP contribution in [0, 0.1) is 11.7 Å². The number of nitrogens with zero attached hydrogens (tertiary/aromatic N) is 1. The summed E-state index contributed by atoms with van der Waals surface area (Å²) < 4.78 is 6.83. The van der Waals surface area contributed by atoms with E-state index in [1.165, 1.54) is 16.4 Å². The van der Waals surface area contributed by atoms with E-state index in [0.29, 0.717) is 6.61 Å². The van der Waals surface area contributed by atoms with E-state index in [-0.39, 0.29) is 0 Å². The van der Waals surface area contributed by atoms with E-state index in [1.807, 2.05) is 30.3 Å². The predicted octanol–water partition coefficient (Wildman–Crippen LogP) is 4.88. The number of ether oxygens (including phenoxy) is 1. The predicted molar refractivity (Wildman–Crippen MR) is 157 cm³/mol. The van der Waals surface area contributed by atoms with Gasteiger partial charge >= 0.3 is 0 Å². The Morgan fingerprint density at radius 3 is 1.33 bits per heavy atom. The maximum Gasteiger partial charge on any atom is 0.149 e. The largest absolute Gasteiger partial charge is 0.494 e. The van der Waals surface area contributed by atoms with Crippen LogP contribution in [0.1, 0.15) is 12.8 Å². The number of hydrogen-bond donors (Lipinski definition) is 0. The second-order valence-electron chi connectivity index (χ2n) is 10.4. The monoisotopic (exact) mass is 475 g/mol. The quantitative estimate of drug-likeness (QED) is 0.160. The van der Waals surface area contributed by atoms with Gasteiger partial charge in [-0.1, -0.05) is 109 Å². The molecule has 4 rings (SSSR count). The van der Waals surface area contributed by atoms with E-state index < -0.39 is 6.15 Å². The Hall–Kier alpha value is -3.74. The molecule has 0 aromatic heterocycles.